The Hall–Kier alpha value is -0.630. The van der Waals surface area contributed by atoms with Gasteiger partial charge in [0.2, 0.25) is 0 Å². The second-order valence-corrected chi connectivity index (χ2v) is 4.57. The summed E-state index contributed by atoms with van der Waals surface area (Å²) in [5, 5.41) is 0. The molecule has 13 heavy (non-hydrogen) atoms. The molecular weight excluding hydrogens is 164 g/mol. The lowest BCUT2D eigenvalue weighted by Gasteiger charge is -2.18. The molecule has 4 atom stereocenters. The quantitative estimate of drug-likeness (QED) is 0.485. The molecule has 1 saturated carbocycles. The van der Waals surface area contributed by atoms with Gasteiger partial charge in [-0.15, -0.1) is 0 Å². The minimum Gasteiger partial charge on any atom is -0.373 e. The third-order valence-corrected chi connectivity index (χ3v) is 3.73. The fourth-order valence-corrected chi connectivity index (χ4v) is 2.97. The number of epoxide rings is 1. The predicted molar refractivity (Wildman–Crippen MR) is 48.2 cm³/mol. The smallest absolute Gasteiger partial charge is 0.145 e. The molecule has 3 aliphatic rings. The van der Waals surface area contributed by atoms with Crippen molar-refractivity contribution in [2.75, 3.05) is 6.61 Å². The van der Waals surface area contributed by atoms with Crippen LogP contribution in [0.2, 0.25) is 0 Å². The van der Waals surface area contributed by atoms with Gasteiger partial charge in [0.1, 0.15) is 6.29 Å². The maximum Gasteiger partial charge on any atom is 0.145 e. The van der Waals surface area contributed by atoms with E-state index in [1.165, 1.54) is 19.3 Å². The number of carbonyl (C=O) groups is 1. The van der Waals surface area contributed by atoms with Crippen LogP contribution in [0.5, 0.6) is 0 Å². The van der Waals surface area contributed by atoms with Gasteiger partial charge in [-0.2, -0.15) is 0 Å². The molecular formula is C11H14O2. The van der Waals surface area contributed by atoms with Gasteiger partial charge in [0, 0.05) is 0 Å². The van der Waals surface area contributed by atoms with Crippen molar-refractivity contribution in [3.63, 3.8) is 0 Å². The van der Waals surface area contributed by atoms with Crippen LogP contribution in [0.1, 0.15) is 19.3 Å². The number of rotatable bonds is 3. The molecule has 70 valence electrons. The van der Waals surface area contributed by atoms with Gasteiger partial charge >= 0.3 is 0 Å². The van der Waals surface area contributed by atoms with E-state index in [4.69, 9.17) is 4.74 Å². The van der Waals surface area contributed by atoms with Gasteiger partial charge < -0.3 is 4.74 Å². The number of hydrogen-bond acceptors (Lipinski definition) is 2. The summed E-state index contributed by atoms with van der Waals surface area (Å²) < 4.78 is 5.24. The van der Waals surface area contributed by atoms with E-state index >= 15 is 0 Å². The van der Waals surface area contributed by atoms with Crippen molar-refractivity contribution in [1.29, 1.82) is 0 Å². The Morgan fingerprint density at radius 2 is 2.38 bits per heavy atom. The van der Waals surface area contributed by atoms with Crippen LogP contribution in [0.4, 0.5) is 0 Å². The van der Waals surface area contributed by atoms with Crippen molar-refractivity contribution in [3.05, 3.63) is 11.6 Å². The topological polar surface area (TPSA) is 29.6 Å². The molecule has 2 nitrogen and oxygen atoms in total. The SMILES string of the molecule is O=CC1=CC2CC1CC2CC1CO1. The van der Waals surface area contributed by atoms with E-state index in [2.05, 4.69) is 6.08 Å². The van der Waals surface area contributed by atoms with E-state index in [0.29, 0.717) is 17.9 Å². The zero-order valence-electron chi connectivity index (χ0n) is 7.61. The van der Waals surface area contributed by atoms with E-state index in [1.807, 2.05) is 0 Å². The molecule has 0 radical (unpaired) electrons. The predicted octanol–water partition coefficient (Wildman–Crippen LogP) is 1.56. The van der Waals surface area contributed by atoms with Crippen LogP contribution < -0.4 is 0 Å². The molecule has 0 spiro atoms. The van der Waals surface area contributed by atoms with Gasteiger partial charge in [-0.1, -0.05) is 6.08 Å². The van der Waals surface area contributed by atoms with E-state index in [9.17, 15) is 4.79 Å². The zero-order chi connectivity index (χ0) is 8.84. The Bertz CT molecular complexity index is 265. The van der Waals surface area contributed by atoms with Crippen LogP contribution in [-0.4, -0.2) is 19.0 Å². The molecule has 0 aromatic rings. The first-order valence-corrected chi connectivity index (χ1v) is 5.15. The highest BCUT2D eigenvalue weighted by molar-refractivity contribution is 5.75. The maximum absolute atomic E-state index is 10.6. The minimum atomic E-state index is 0.553. The summed E-state index contributed by atoms with van der Waals surface area (Å²) in [4.78, 5) is 10.6. The highest BCUT2D eigenvalue weighted by atomic mass is 16.6. The molecule has 1 saturated heterocycles. The molecule has 2 fully saturated rings. The lowest BCUT2D eigenvalue weighted by atomic mass is 9.87. The van der Waals surface area contributed by atoms with E-state index in [1.54, 1.807) is 0 Å². The second kappa shape index (κ2) is 2.68. The molecule has 1 aliphatic heterocycles. The van der Waals surface area contributed by atoms with Crippen molar-refractivity contribution in [3.8, 4) is 0 Å². The van der Waals surface area contributed by atoms with Gasteiger partial charge in [0.25, 0.3) is 0 Å². The maximum atomic E-state index is 10.6. The van der Waals surface area contributed by atoms with Crippen LogP contribution in [0.25, 0.3) is 0 Å². The number of fused-ring (bicyclic) bond motifs is 2. The average molecular weight is 178 g/mol. The van der Waals surface area contributed by atoms with E-state index < -0.39 is 0 Å². The average Bonchev–Trinajstić information content (AvgIpc) is 2.75. The molecule has 2 heteroatoms. The molecule has 0 aromatic carbocycles. The second-order valence-electron chi connectivity index (χ2n) is 4.57. The highest BCUT2D eigenvalue weighted by Gasteiger charge is 2.42. The number of aldehydes is 1. The third-order valence-electron chi connectivity index (χ3n) is 3.73. The normalized spacial score (nSPS) is 46.3. The molecule has 4 unspecified atom stereocenters. The van der Waals surface area contributed by atoms with Gasteiger partial charge in [0.15, 0.2) is 0 Å². The van der Waals surface area contributed by atoms with Gasteiger partial charge in [-0.3, -0.25) is 4.79 Å². The Labute approximate surface area is 78.0 Å². The Morgan fingerprint density at radius 1 is 1.54 bits per heavy atom. The largest absolute Gasteiger partial charge is 0.373 e. The first-order chi connectivity index (χ1) is 6.36. The number of allylic oxidation sites excluding steroid dienone is 2. The monoisotopic (exact) mass is 178 g/mol. The highest BCUT2D eigenvalue weighted by Crippen LogP contribution is 2.49. The fraction of sp³-hybridized carbons (Fsp3) is 0.727. The first-order valence-electron chi connectivity index (χ1n) is 5.15. The molecule has 0 amide bonds. The molecule has 3 rings (SSSR count). The third kappa shape index (κ3) is 1.24. The summed E-state index contributed by atoms with van der Waals surface area (Å²) >= 11 is 0. The number of hydrogen-bond donors (Lipinski definition) is 0. The van der Waals surface area contributed by atoms with Gasteiger partial charge in [-0.05, 0) is 42.6 Å². The molecule has 1 heterocycles. The van der Waals surface area contributed by atoms with Crippen molar-refractivity contribution in [2.24, 2.45) is 17.8 Å². The summed E-state index contributed by atoms with van der Waals surface area (Å²) in [6, 6.07) is 0. The van der Waals surface area contributed by atoms with Gasteiger partial charge in [0.05, 0.1) is 12.7 Å². The zero-order valence-corrected chi connectivity index (χ0v) is 7.61. The first kappa shape index (κ1) is 7.74. The van der Waals surface area contributed by atoms with E-state index in [0.717, 1.165) is 24.4 Å². The van der Waals surface area contributed by atoms with Crippen LogP contribution in [0, 0.1) is 17.8 Å². The van der Waals surface area contributed by atoms with Crippen LogP contribution in [0.3, 0.4) is 0 Å². The summed E-state index contributed by atoms with van der Waals surface area (Å²) in [5.74, 6) is 2.09. The minimum absolute atomic E-state index is 0.553. The summed E-state index contributed by atoms with van der Waals surface area (Å²) in [6.45, 7) is 0.970. The van der Waals surface area contributed by atoms with Crippen LogP contribution >= 0.6 is 0 Å². The summed E-state index contributed by atoms with van der Waals surface area (Å²) in [7, 11) is 0. The standard InChI is InChI=1S/C11H14O2/c12-5-10-3-7-1-8(10)2-9(7)4-11-6-13-11/h3,5,7-9,11H,1-2,4,6H2. The van der Waals surface area contributed by atoms with Gasteiger partial charge in [-0.25, -0.2) is 0 Å². The number of carbonyl (C=O) groups excluding carboxylic acids is 1. The fourth-order valence-electron chi connectivity index (χ4n) is 2.97. The molecule has 0 N–H and O–H groups in total. The number of ether oxygens (including phenoxy) is 1. The van der Waals surface area contributed by atoms with Crippen molar-refractivity contribution in [2.45, 2.75) is 25.4 Å². The van der Waals surface area contributed by atoms with E-state index in [-0.39, 0.29) is 0 Å². The lowest BCUT2D eigenvalue weighted by Crippen LogP contribution is -2.12. The lowest BCUT2D eigenvalue weighted by molar-refractivity contribution is -0.105. The molecule has 2 bridgehead atoms. The Balaban J connectivity index is 1.69. The Kier molecular flexibility index (Phi) is 1.59. The molecule has 2 aliphatic carbocycles. The van der Waals surface area contributed by atoms with Crippen LogP contribution in [0.15, 0.2) is 11.6 Å². The van der Waals surface area contributed by atoms with Crippen molar-refractivity contribution < 1.29 is 9.53 Å². The van der Waals surface area contributed by atoms with Crippen LogP contribution in [-0.2, 0) is 9.53 Å². The molecule has 0 aromatic heterocycles. The van der Waals surface area contributed by atoms with Crippen molar-refractivity contribution in [1.82, 2.24) is 0 Å². The summed E-state index contributed by atoms with van der Waals surface area (Å²) in [5.41, 5.74) is 1.07. The Morgan fingerprint density at radius 3 is 2.92 bits per heavy atom. The summed E-state index contributed by atoms with van der Waals surface area (Å²) in [6.07, 6.45) is 7.49. The van der Waals surface area contributed by atoms with Crippen molar-refractivity contribution >= 4 is 6.29 Å².